The molecule has 0 aliphatic rings. The van der Waals surface area contributed by atoms with Gasteiger partial charge in [-0.1, -0.05) is 35.0 Å². The molecule has 2 aromatic carbocycles. The van der Waals surface area contributed by atoms with Gasteiger partial charge in [0.2, 0.25) is 11.7 Å². The van der Waals surface area contributed by atoms with Crippen molar-refractivity contribution in [2.24, 2.45) is 0 Å². The lowest BCUT2D eigenvalue weighted by Gasteiger charge is -2.26. The van der Waals surface area contributed by atoms with Crippen LogP contribution in [0.2, 0.25) is 0 Å². The summed E-state index contributed by atoms with van der Waals surface area (Å²) in [6, 6.07) is 11.0. The first-order valence-electron chi connectivity index (χ1n) is 9.88. The number of hydrogen-bond acceptors (Lipinski definition) is 7. The van der Waals surface area contributed by atoms with Crippen molar-refractivity contribution in [3.8, 4) is 28.6 Å². The van der Waals surface area contributed by atoms with Crippen LogP contribution in [0.15, 0.2) is 40.9 Å². The van der Waals surface area contributed by atoms with Crippen LogP contribution in [0, 0.1) is 6.92 Å². The zero-order valence-corrected chi connectivity index (χ0v) is 18.6. The van der Waals surface area contributed by atoms with Crippen molar-refractivity contribution in [3.63, 3.8) is 0 Å². The highest BCUT2D eigenvalue weighted by Crippen LogP contribution is 2.35. The standard InChI is InChI=1S/C23H27N3O5/c1-14(2)26(13-21-24-22(25-31-21)16-9-7-15(3)8-10-16)23(27)17-11-19(29-5)20(30-6)12-18(17)28-4/h7-12,14H,13H2,1-6H3. The van der Waals surface area contributed by atoms with Crippen molar-refractivity contribution >= 4 is 5.91 Å². The Balaban J connectivity index is 1.89. The molecule has 0 saturated carbocycles. The van der Waals surface area contributed by atoms with E-state index in [1.807, 2.05) is 45.0 Å². The normalized spacial score (nSPS) is 10.8. The van der Waals surface area contributed by atoms with Gasteiger partial charge in [-0.25, -0.2) is 0 Å². The van der Waals surface area contributed by atoms with E-state index in [-0.39, 0.29) is 18.5 Å². The molecular weight excluding hydrogens is 398 g/mol. The molecule has 0 unspecified atom stereocenters. The highest BCUT2D eigenvalue weighted by Gasteiger charge is 2.26. The first-order chi connectivity index (χ1) is 14.9. The summed E-state index contributed by atoms with van der Waals surface area (Å²) in [5, 5.41) is 4.06. The fraction of sp³-hybridized carbons (Fsp3) is 0.348. The molecule has 0 spiro atoms. The van der Waals surface area contributed by atoms with Crippen LogP contribution < -0.4 is 14.2 Å². The molecule has 0 atom stereocenters. The second-order valence-corrected chi connectivity index (χ2v) is 7.31. The number of methoxy groups -OCH3 is 3. The molecule has 164 valence electrons. The van der Waals surface area contributed by atoms with Crippen LogP contribution in [-0.2, 0) is 6.54 Å². The Hall–Kier alpha value is -3.55. The van der Waals surface area contributed by atoms with Gasteiger partial charge in [-0.3, -0.25) is 4.79 Å². The van der Waals surface area contributed by atoms with Gasteiger partial charge in [0, 0.05) is 23.7 Å². The third kappa shape index (κ3) is 4.79. The van der Waals surface area contributed by atoms with Gasteiger partial charge < -0.3 is 23.6 Å². The fourth-order valence-corrected chi connectivity index (χ4v) is 3.12. The summed E-state index contributed by atoms with van der Waals surface area (Å²) in [5.41, 5.74) is 2.35. The largest absolute Gasteiger partial charge is 0.496 e. The zero-order chi connectivity index (χ0) is 22.5. The molecule has 0 N–H and O–H groups in total. The van der Waals surface area contributed by atoms with Crippen molar-refractivity contribution in [3.05, 3.63) is 53.4 Å². The highest BCUT2D eigenvalue weighted by molar-refractivity contribution is 5.98. The second kappa shape index (κ2) is 9.51. The summed E-state index contributed by atoms with van der Waals surface area (Å²) in [6.07, 6.45) is 0. The van der Waals surface area contributed by atoms with Gasteiger partial charge in [0.1, 0.15) is 12.3 Å². The number of aromatic nitrogens is 2. The maximum atomic E-state index is 13.4. The van der Waals surface area contributed by atoms with Gasteiger partial charge in [-0.15, -0.1) is 0 Å². The quantitative estimate of drug-likeness (QED) is 0.536. The van der Waals surface area contributed by atoms with E-state index >= 15 is 0 Å². The van der Waals surface area contributed by atoms with Crippen molar-refractivity contribution < 1.29 is 23.5 Å². The summed E-state index contributed by atoms with van der Waals surface area (Å²) in [7, 11) is 4.55. The number of benzene rings is 2. The van der Waals surface area contributed by atoms with Crippen LogP contribution in [0.25, 0.3) is 11.4 Å². The molecular formula is C23H27N3O5. The van der Waals surface area contributed by atoms with Crippen molar-refractivity contribution in [1.29, 1.82) is 0 Å². The lowest BCUT2D eigenvalue weighted by molar-refractivity contribution is 0.0663. The summed E-state index contributed by atoms with van der Waals surface area (Å²) in [4.78, 5) is 19.5. The second-order valence-electron chi connectivity index (χ2n) is 7.31. The Morgan fingerprint density at radius 3 is 2.19 bits per heavy atom. The highest BCUT2D eigenvalue weighted by atomic mass is 16.5. The topological polar surface area (TPSA) is 86.9 Å². The van der Waals surface area contributed by atoms with E-state index in [4.69, 9.17) is 18.7 Å². The number of carbonyl (C=O) groups is 1. The van der Waals surface area contributed by atoms with E-state index in [1.54, 1.807) is 17.0 Å². The fourth-order valence-electron chi connectivity index (χ4n) is 3.12. The van der Waals surface area contributed by atoms with Crippen molar-refractivity contribution in [2.45, 2.75) is 33.4 Å². The minimum atomic E-state index is -0.247. The van der Waals surface area contributed by atoms with Gasteiger partial charge in [0.25, 0.3) is 5.91 Å². The van der Waals surface area contributed by atoms with Crippen LogP contribution in [0.4, 0.5) is 0 Å². The number of carbonyl (C=O) groups excluding carboxylic acids is 1. The Kier molecular flexibility index (Phi) is 6.79. The number of nitrogens with zero attached hydrogens (tertiary/aromatic N) is 3. The van der Waals surface area contributed by atoms with Crippen molar-refractivity contribution in [1.82, 2.24) is 15.0 Å². The zero-order valence-electron chi connectivity index (χ0n) is 18.6. The molecule has 0 fully saturated rings. The van der Waals surface area contributed by atoms with E-state index in [9.17, 15) is 4.79 Å². The first kappa shape index (κ1) is 22.1. The van der Waals surface area contributed by atoms with Crippen LogP contribution >= 0.6 is 0 Å². The van der Waals surface area contributed by atoms with E-state index in [2.05, 4.69) is 10.1 Å². The van der Waals surface area contributed by atoms with Crippen molar-refractivity contribution in [2.75, 3.05) is 21.3 Å². The van der Waals surface area contributed by atoms with Crippen LogP contribution in [0.1, 0.15) is 35.7 Å². The Labute approximate surface area is 181 Å². The van der Waals surface area contributed by atoms with E-state index in [1.165, 1.54) is 21.3 Å². The number of hydrogen-bond donors (Lipinski definition) is 0. The molecule has 31 heavy (non-hydrogen) atoms. The van der Waals surface area contributed by atoms with Gasteiger partial charge in [-0.2, -0.15) is 4.98 Å². The average molecular weight is 425 g/mol. The summed E-state index contributed by atoms with van der Waals surface area (Å²) in [6.45, 7) is 6.01. The minimum absolute atomic E-state index is 0.125. The number of aryl methyl sites for hydroxylation is 1. The Morgan fingerprint density at radius 1 is 1.00 bits per heavy atom. The average Bonchev–Trinajstić information content (AvgIpc) is 3.25. The molecule has 0 bridgehead atoms. The SMILES string of the molecule is COc1cc(OC)c(C(=O)N(Cc2nc(-c3ccc(C)cc3)no2)C(C)C)cc1OC. The molecule has 8 heteroatoms. The third-order valence-electron chi connectivity index (χ3n) is 4.90. The predicted molar refractivity (Wildman–Crippen MR) is 116 cm³/mol. The summed E-state index contributed by atoms with van der Waals surface area (Å²) >= 11 is 0. The molecule has 3 rings (SSSR count). The van der Waals surface area contributed by atoms with Gasteiger partial charge in [-0.05, 0) is 20.8 Å². The van der Waals surface area contributed by atoms with Gasteiger partial charge in [0.15, 0.2) is 11.5 Å². The molecule has 0 saturated heterocycles. The molecule has 0 aliphatic heterocycles. The maximum Gasteiger partial charge on any atom is 0.258 e. The molecule has 3 aromatic rings. The van der Waals surface area contributed by atoms with Crippen LogP contribution in [0.5, 0.6) is 17.2 Å². The lowest BCUT2D eigenvalue weighted by atomic mass is 10.1. The maximum absolute atomic E-state index is 13.4. The van der Waals surface area contributed by atoms with Crippen LogP contribution in [0.3, 0.4) is 0 Å². The van der Waals surface area contributed by atoms with Crippen LogP contribution in [-0.4, -0.2) is 48.3 Å². The molecule has 0 radical (unpaired) electrons. The number of rotatable bonds is 8. The van der Waals surface area contributed by atoms with Gasteiger partial charge in [0.05, 0.1) is 26.9 Å². The predicted octanol–water partition coefficient (Wildman–Crippen LogP) is 4.12. The molecule has 0 aliphatic carbocycles. The van der Waals surface area contributed by atoms with E-state index in [0.29, 0.717) is 34.5 Å². The molecule has 1 amide bonds. The molecule has 1 heterocycles. The lowest BCUT2D eigenvalue weighted by Crippen LogP contribution is -2.36. The molecule has 1 aromatic heterocycles. The number of ether oxygens (including phenoxy) is 3. The Bertz CT molecular complexity index is 1040. The monoisotopic (exact) mass is 425 g/mol. The first-order valence-corrected chi connectivity index (χ1v) is 9.88. The molecule has 8 nitrogen and oxygen atoms in total. The number of amides is 1. The third-order valence-corrected chi connectivity index (χ3v) is 4.90. The minimum Gasteiger partial charge on any atom is -0.496 e. The summed E-state index contributed by atoms with van der Waals surface area (Å²) < 4.78 is 21.5. The van der Waals surface area contributed by atoms with E-state index < -0.39 is 0 Å². The summed E-state index contributed by atoms with van der Waals surface area (Å²) in [5.74, 6) is 1.88. The van der Waals surface area contributed by atoms with Gasteiger partial charge >= 0.3 is 0 Å². The van der Waals surface area contributed by atoms with E-state index in [0.717, 1.165) is 11.1 Å². The Morgan fingerprint density at radius 2 is 1.61 bits per heavy atom. The smallest absolute Gasteiger partial charge is 0.258 e.